The lowest BCUT2D eigenvalue weighted by molar-refractivity contribution is 0.0158. The molecule has 3 aromatic carbocycles. The van der Waals surface area contributed by atoms with Gasteiger partial charge >= 0.3 is 5.97 Å². The number of rotatable bonds is 7. The largest absolute Gasteiger partial charge is 0.491 e. The number of halogens is 4. The zero-order chi connectivity index (χ0) is 25.8. The summed E-state index contributed by atoms with van der Waals surface area (Å²) in [6.45, 7) is 3.99. The number of hydrogen-bond donors (Lipinski definition) is 0. The minimum atomic E-state index is -1.27. The van der Waals surface area contributed by atoms with Crippen molar-refractivity contribution in [2.24, 2.45) is 5.92 Å². The van der Waals surface area contributed by atoms with E-state index >= 15 is 0 Å². The molecular formula is C29H28F4O3. The van der Waals surface area contributed by atoms with Gasteiger partial charge in [0.15, 0.2) is 23.2 Å². The number of hydrogen-bond acceptors (Lipinski definition) is 3. The quantitative estimate of drug-likeness (QED) is 0.243. The van der Waals surface area contributed by atoms with Crippen LogP contribution in [-0.2, 0) is 4.74 Å². The Morgan fingerprint density at radius 1 is 0.750 bits per heavy atom. The first-order valence-electron chi connectivity index (χ1n) is 12.2. The van der Waals surface area contributed by atoms with Crippen LogP contribution in [0.1, 0.15) is 56.3 Å². The predicted octanol–water partition coefficient (Wildman–Crippen LogP) is 8.10. The number of carbonyl (C=O) groups excluding carboxylic acids is 1. The molecule has 0 aliphatic heterocycles. The molecule has 1 aliphatic rings. The topological polar surface area (TPSA) is 35.5 Å². The zero-order valence-electron chi connectivity index (χ0n) is 20.3. The molecule has 0 N–H and O–H groups in total. The van der Waals surface area contributed by atoms with Crippen molar-refractivity contribution in [2.75, 3.05) is 6.61 Å². The molecule has 0 atom stereocenters. The Hall–Kier alpha value is -3.35. The first-order valence-corrected chi connectivity index (χ1v) is 12.2. The molecule has 1 fully saturated rings. The molecule has 0 bridgehead atoms. The lowest BCUT2D eigenvalue weighted by Gasteiger charge is -2.27. The molecule has 190 valence electrons. The second-order valence-electron chi connectivity index (χ2n) is 8.99. The highest BCUT2D eigenvalue weighted by molar-refractivity contribution is 5.90. The van der Waals surface area contributed by atoms with Gasteiger partial charge in [-0.25, -0.2) is 18.0 Å². The van der Waals surface area contributed by atoms with Crippen molar-refractivity contribution in [2.45, 2.75) is 52.1 Å². The summed E-state index contributed by atoms with van der Waals surface area (Å²) in [7, 11) is 0. The number of esters is 1. The second kappa shape index (κ2) is 11.1. The number of ether oxygens (including phenoxy) is 2. The molecule has 0 saturated heterocycles. The fourth-order valence-corrected chi connectivity index (χ4v) is 4.65. The van der Waals surface area contributed by atoms with E-state index in [4.69, 9.17) is 9.47 Å². The van der Waals surface area contributed by atoms with Crippen molar-refractivity contribution < 1.29 is 31.8 Å². The van der Waals surface area contributed by atoms with Crippen molar-refractivity contribution in [1.29, 1.82) is 0 Å². The maximum atomic E-state index is 14.9. The molecule has 0 spiro atoms. The Morgan fingerprint density at radius 2 is 1.31 bits per heavy atom. The minimum Gasteiger partial charge on any atom is -0.491 e. The highest BCUT2D eigenvalue weighted by atomic mass is 19.2. The lowest BCUT2D eigenvalue weighted by atomic mass is 9.86. The van der Waals surface area contributed by atoms with Gasteiger partial charge in [0.25, 0.3) is 0 Å². The van der Waals surface area contributed by atoms with Crippen LogP contribution in [0, 0.1) is 29.2 Å². The van der Waals surface area contributed by atoms with Gasteiger partial charge in [-0.2, -0.15) is 4.39 Å². The van der Waals surface area contributed by atoms with Crippen LogP contribution in [0.4, 0.5) is 17.6 Å². The van der Waals surface area contributed by atoms with Gasteiger partial charge in [-0.3, -0.25) is 0 Å². The maximum Gasteiger partial charge on any atom is 0.341 e. The Balaban J connectivity index is 1.52. The van der Waals surface area contributed by atoms with Gasteiger partial charge in [0.1, 0.15) is 6.10 Å². The normalized spacial score (nSPS) is 17.6. The van der Waals surface area contributed by atoms with Crippen LogP contribution < -0.4 is 4.74 Å². The van der Waals surface area contributed by atoms with Gasteiger partial charge in [0.2, 0.25) is 5.82 Å². The second-order valence-corrected chi connectivity index (χ2v) is 8.99. The summed E-state index contributed by atoms with van der Waals surface area (Å²) in [5.41, 5.74) is 0.187. The van der Waals surface area contributed by atoms with E-state index in [0.29, 0.717) is 17.0 Å². The van der Waals surface area contributed by atoms with Gasteiger partial charge in [0.05, 0.1) is 12.2 Å². The van der Waals surface area contributed by atoms with Crippen LogP contribution in [0.25, 0.3) is 22.3 Å². The standard InChI is InChI=1S/C29H28F4O3/c1-3-17-5-11-20(12-6-17)36-29(34)23-14-13-21(25(30)27(23)32)18-7-9-19(10-8-18)22-15-16-24(35-4-2)28(33)26(22)31/h7-10,13-17,20H,3-6,11-12H2,1-2H3. The van der Waals surface area contributed by atoms with E-state index in [1.54, 1.807) is 6.92 Å². The summed E-state index contributed by atoms with van der Waals surface area (Å²) in [6.07, 6.45) is 4.13. The molecular weight excluding hydrogens is 472 g/mol. The number of carbonyl (C=O) groups is 1. The van der Waals surface area contributed by atoms with Crippen LogP contribution in [0.5, 0.6) is 5.75 Å². The summed E-state index contributed by atoms with van der Waals surface area (Å²) in [5, 5.41) is 0. The Morgan fingerprint density at radius 3 is 1.86 bits per heavy atom. The average molecular weight is 501 g/mol. The first-order chi connectivity index (χ1) is 17.3. The van der Waals surface area contributed by atoms with Crippen molar-refractivity contribution in [3.8, 4) is 28.0 Å². The smallest absolute Gasteiger partial charge is 0.341 e. The van der Waals surface area contributed by atoms with Crippen LogP contribution in [-0.4, -0.2) is 18.7 Å². The maximum absolute atomic E-state index is 14.9. The SMILES string of the molecule is CCOc1ccc(-c2ccc(-c3ccc(C(=O)OC4CCC(CC)CC4)c(F)c3F)cc2)c(F)c1F. The highest BCUT2D eigenvalue weighted by Gasteiger charge is 2.26. The van der Waals surface area contributed by atoms with Crippen LogP contribution in [0.2, 0.25) is 0 Å². The van der Waals surface area contributed by atoms with E-state index in [1.807, 2.05) is 0 Å². The third-order valence-electron chi connectivity index (χ3n) is 6.80. The molecule has 36 heavy (non-hydrogen) atoms. The van der Waals surface area contributed by atoms with Crippen molar-refractivity contribution >= 4 is 5.97 Å². The van der Waals surface area contributed by atoms with E-state index in [9.17, 15) is 22.4 Å². The van der Waals surface area contributed by atoms with E-state index in [1.165, 1.54) is 48.5 Å². The van der Waals surface area contributed by atoms with E-state index in [-0.39, 0.29) is 29.6 Å². The van der Waals surface area contributed by atoms with Crippen molar-refractivity contribution in [1.82, 2.24) is 0 Å². The van der Waals surface area contributed by atoms with Gasteiger partial charge in [-0.1, -0.05) is 43.7 Å². The fraction of sp³-hybridized carbons (Fsp3) is 0.345. The first kappa shape index (κ1) is 25.7. The highest BCUT2D eigenvalue weighted by Crippen LogP contribution is 2.33. The molecule has 3 nitrogen and oxygen atoms in total. The molecule has 0 radical (unpaired) electrons. The molecule has 7 heteroatoms. The monoisotopic (exact) mass is 500 g/mol. The molecule has 0 heterocycles. The Labute approximate surface area is 208 Å². The van der Waals surface area contributed by atoms with Gasteiger partial charge in [-0.05, 0) is 67.9 Å². The minimum absolute atomic E-state index is 0.0141. The van der Waals surface area contributed by atoms with E-state index < -0.39 is 34.8 Å². The molecule has 4 rings (SSSR count). The van der Waals surface area contributed by atoms with Crippen LogP contribution in [0.3, 0.4) is 0 Å². The third kappa shape index (κ3) is 5.25. The van der Waals surface area contributed by atoms with Crippen LogP contribution in [0.15, 0.2) is 48.5 Å². The average Bonchev–Trinajstić information content (AvgIpc) is 2.89. The molecule has 1 aliphatic carbocycles. The molecule has 0 unspecified atom stereocenters. The van der Waals surface area contributed by atoms with Gasteiger partial charge < -0.3 is 9.47 Å². The summed E-state index contributed by atoms with van der Waals surface area (Å²) < 4.78 is 69.0. The third-order valence-corrected chi connectivity index (χ3v) is 6.80. The molecule has 0 aromatic heterocycles. The predicted molar refractivity (Wildman–Crippen MR) is 130 cm³/mol. The molecule has 0 amide bonds. The molecule has 1 saturated carbocycles. The molecule has 3 aromatic rings. The summed E-state index contributed by atoms with van der Waals surface area (Å²) in [5.74, 6) is -5.04. The van der Waals surface area contributed by atoms with Crippen molar-refractivity contribution in [3.63, 3.8) is 0 Å². The number of benzene rings is 3. The van der Waals surface area contributed by atoms with Gasteiger partial charge in [0, 0.05) is 11.1 Å². The summed E-state index contributed by atoms with van der Waals surface area (Å²) >= 11 is 0. The summed E-state index contributed by atoms with van der Waals surface area (Å²) in [4.78, 5) is 12.5. The van der Waals surface area contributed by atoms with Crippen LogP contribution >= 0.6 is 0 Å². The zero-order valence-corrected chi connectivity index (χ0v) is 20.3. The van der Waals surface area contributed by atoms with Gasteiger partial charge in [-0.15, -0.1) is 0 Å². The summed E-state index contributed by atoms with van der Waals surface area (Å²) in [6, 6.07) is 11.2. The van der Waals surface area contributed by atoms with E-state index in [2.05, 4.69) is 6.92 Å². The Bertz CT molecular complexity index is 1230. The van der Waals surface area contributed by atoms with Crippen molar-refractivity contribution in [3.05, 3.63) is 77.4 Å². The Kier molecular flexibility index (Phi) is 7.97. The fourth-order valence-electron chi connectivity index (χ4n) is 4.65. The lowest BCUT2D eigenvalue weighted by Crippen LogP contribution is -2.25. The van der Waals surface area contributed by atoms with E-state index in [0.717, 1.165) is 32.1 Å².